The first-order valence-corrected chi connectivity index (χ1v) is 7.10. The van der Waals surface area contributed by atoms with Gasteiger partial charge < -0.3 is 15.0 Å². The number of nitrogens with one attached hydrogen (secondary N) is 1. The second kappa shape index (κ2) is 6.11. The number of hydrogen-bond acceptors (Lipinski definition) is 4. The Kier molecular flexibility index (Phi) is 4.47. The maximum Gasteiger partial charge on any atom is 0.410 e. The minimum atomic E-state index is -0.446. The Morgan fingerprint density at radius 3 is 2.95 bits per heavy atom. The van der Waals surface area contributed by atoms with Crippen molar-refractivity contribution in [1.82, 2.24) is 9.88 Å². The topological polar surface area (TPSA) is 54.5 Å². The van der Waals surface area contributed by atoms with E-state index in [0.717, 1.165) is 25.2 Å². The fourth-order valence-corrected chi connectivity index (χ4v) is 2.30. The molecule has 0 saturated carbocycles. The lowest BCUT2D eigenvalue weighted by atomic mass is 10.2. The Hall–Kier alpha value is -1.78. The molecule has 1 aromatic rings. The lowest BCUT2D eigenvalue weighted by Gasteiger charge is -2.28. The lowest BCUT2D eigenvalue weighted by molar-refractivity contribution is 0.0235. The zero-order chi connectivity index (χ0) is 14.6. The number of amides is 1. The minimum Gasteiger partial charge on any atom is -0.444 e. The van der Waals surface area contributed by atoms with Gasteiger partial charge in [0.2, 0.25) is 0 Å². The molecule has 2 rings (SSSR count). The Morgan fingerprint density at radius 1 is 1.50 bits per heavy atom. The number of likely N-dealkylation sites (tertiary alicyclic amines) is 1. The summed E-state index contributed by atoms with van der Waals surface area (Å²) in [5.74, 6) is 0.837. The molecule has 110 valence electrons. The highest BCUT2D eigenvalue weighted by Gasteiger charge is 2.31. The molecule has 5 heteroatoms. The van der Waals surface area contributed by atoms with Crippen molar-refractivity contribution in [2.75, 3.05) is 18.4 Å². The number of ether oxygens (including phenoxy) is 1. The summed E-state index contributed by atoms with van der Waals surface area (Å²) in [6.45, 7) is 7.14. The molecule has 0 unspecified atom stereocenters. The number of anilines is 1. The molecule has 1 aliphatic heterocycles. The molecule has 0 aromatic carbocycles. The van der Waals surface area contributed by atoms with Crippen molar-refractivity contribution in [2.24, 2.45) is 0 Å². The number of carbonyl (C=O) groups excluding carboxylic acids is 1. The summed E-state index contributed by atoms with van der Waals surface area (Å²) in [6.07, 6.45) is 3.55. The molecule has 1 N–H and O–H groups in total. The zero-order valence-electron chi connectivity index (χ0n) is 12.4. The fraction of sp³-hybridized carbons (Fsp3) is 0.600. The maximum atomic E-state index is 12.1. The van der Waals surface area contributed by atoms with Gasteiger partial charge in [-0.05, 0) is 45.7 Å². The minimum absolute atomic E-state index is 0.173. The van der Waals surface area contributed by atoms with Gasteiger partial charge in [-0.15, -0.1) is 0 Å². The van der Waals surface area contributed by atoms with Crippen LogP contribution in [0.1, 0.15) is 33.6 Å². The molecular weight excluding hydrogens is 254 g/mol. The van der Waals surface area contributed by atoms with E-state index in [-0.39, 0.29) is 12.1 Å². The SMILES string of the molecule is CC(C)(C)OC(=O)N1CCC[C@H]1CNc1ccccn1. The summed E-state index contributed by atoms with van der Waals surface area (Å²) in [5, 5.41) is 3.27. The monoisotopic (exact) mass is 277 g/mol. The van der Waals surface area contributed by atoms with Crippen LogP contribution in [0.25, 0.3) is 0 Å². The van der Waals surface area contributed by atoms with Gasteiger partial charge >= 0.3 is 6.09 Å². The van der Waals surface area contributed by atoms with Gasteiger partial charge in [-0.25, -0.2) is 9.78 Å². The third-order valence-corrected chi connectivity index (χ3v) is 3.19. The smallest absolute Gasteiger partial charge is 0.410 e. The van der Waals surface area contributed by atoms with Gasteiger partial charge in [0, 0.05) is 19.3 Å². The van der Waals surface area contributed by atoms with Crippen LogP contribution in [0.15, 0.2) is 24.4 Å². The van der Waals surface area contributed by atoms with E-state index in [1.54, 1.807) is 6.20 Å². The van der Waals surface area contributed by atoms with Crippen LogP contribution in [0.3, 0.4) is 0 Å². The molecule has 1 amide bonds. The van der Waals surface area contributed by atoms with Crippen molar-refractivity contribution in [3.8, 4) is 0 Å². The number of pyridine rings is 1. The molecule has 0 aliphatic carbocycles. The van der Waals surface area contributed by atoms with Gasteiger partial charge in [0.1, 0.15) is 11.4 Å². The number of nitrogens with zero attached hydrogens (tertiary/aromatic N) is 2. The standard InChI is InChI=1S/C15H23N3O2/c1-15(2,3)20-14(19)18-10-6-7-12(18)11-17-13-8-4-5-9-16-13/h4-5,8-9,12H,6-7,10-11H2,1-3H3,(H,16,17)/t12-/m0/s1. The lowest BCUT2D eigenvalue weighted by Crippen LogP contribution is -2.42. The Balaban J connectivity index is 1.89. The van der Waals surface area contributed by atoms with Gasteiger partial charge in [0.05, 0.1) is 6.04 Å². The molecule has 1 saturated heterocycles. The van der Waals surface area contributed by atoms with Crippen LogP contribution in [-0.4, -0.2) is 40.7 Å². The molecule has 20 heavy (non-hydrogen) atoms. The molecule has 0 radical (unpaired) electrons. The summed E-state index contributed by atoms with van der Waals surface area (Å²) in [4.78, 5) is 18.2. The molecule has 1 atom stereocenters. The predicted octanol–water partition coefficient (Wildman–Crippen LogP) is 2.89. The van der Waals surface area contributed by atoms with Crippen molar-refractivity contribution in [2.45, 2.75) is 45.3 Å². The molecule has 2 heterocycles. The summed E-state index contributed by atoms with van der Waals surface area (Å²) in [7, 11) is 0. The van der Waals surface area contributed by atoms with Crippen molar-refractivity contribution < 1.29 is 9.53 Å². The predicted molar refractivity (Wildman–Crippen MR) is 78.7 cm³/mol. The molecule has 1 fully saturated rings. The first-order valence-electron chi connectivity index (χ1n) is 7.10. The summed E-state index contributed by atoms with van der Waals surface area (Å²) in [6, 6.07) is 5.92. The molecular formula is C15H23N3O2. The van der Waals surface area contributed by atoms with Crippen LogP contribution in [0.4, 0.5) is 10.6 Å². The van der Waals surface area contributed by atoms with E-state index in [0.29, 0.717) is 6.54 Å². The number of hydrogen-bond donors (Lipinski definition) is 1. The van der Waals surface area contributed by atoms with Gasteiger partial charge in [0.25, 0.3) is 0 Å². The highest BCUT2D eigenvalue weighted by Crippen LogP contribution is 2.21. The van der Waals surface area contributed by atoms with Gasteiger partial charge in [-0.2, -0.15) is 0 Å². The number of aromatic nitrogens is 1. The first-order chi connectivity index (χ1) is 9.46. The second-order valence-corrected chi connectivity index (χ2v) is 6.07. The third-order valence-electron chi connectivity index (χ3n) is 3.19. The van der Waals surface area contributed by atoms with Gasteiger partial charge in [0.15, 0.2) is 0 Å². The summed E-state index contributed by atoms with van der Waals surface area (Å²) < 4.78 is 5.45. The molecule has 0 spiro atoms. The molecule has 1 aliphatic rings. The van der Waals surface area contributed by atoms with Crippen molar-refractivity contribution >= 4 is 11.9 Å². The quantitative estimate of drug-likeness (QED) is 0.923. The van der Waals surface area contributed by atoms with E-state index < -0.39 is 5.60 Å². The second-order valence-electron chi connectivity index (χ2n) is 6.07. The summed E-state index contributed by atoms with van der Waals surface area (Å²) >= 11 is 0. The van der Waals surface area contributed by atoms with Gasteiger partial charge in [-0.3, -0.25) is 0 Å². The molecule has 0 bridgehead atoms. The van der Waals surface area contributed by atoms with E-state index in [2.05, 4.69) is 10.3 Å². The van der Waals surface area contributed by atoms with Gasteiger partial charge in [-0.1, -0.05) is 6.07 Å². The number of carbonyl (C=O) groups is 1. The van der Waals surface area contributed by atoms with E-state index >= 15 is 0 Å². The largest absolute Gasteiger partial charge is 0.444 e. The van der Waals surface area contributed by atoms with E-state index in [4.69, 9.17) is 4.74 Å². The highest BCUT2D eigenvalue weighted by atomic mass is 16.6. The zero-order valence-corrected chi connectivity index (χ0v) is 12.4. The Labute approximate surface area is 120 Å². The van der Waals surface area contributed by atoms with Crippen LogP contribution in [-0.2, 0) is 4.74 Å². The van der Waals surface area contributed by atoms with E-state index in [1.807, 2.05) is 43.9 Å². The Bertz CT molecular complexity index is 442. The van der Waals surface area contributed by atoms with E-state index in [1.165, 1.54) is 0 Å². The fourth-order valence-electron chi connectivity index (χ4n) is 2.30. The average Bonchev–Trinajstić information content (AvgIpc) is 2.84. The summed E-state index contributed by atoms with van der Waals surface area (Å²) in [5.41, 5.74) is -0.446. The Morgan fingerprint density at radius 2 is 2.30 bits per heavy atom. The first kappa shape index (κ1) is 14.6. The average molecular weight is 277 g/mol. The molecule has 1 aromatic heterocycles. The van der Waals surface area contributed by atoms with Crippen LogP contribution >= 0.6 is 0 Å². The van der Waals surface area contributed by atoms with Crippen LogP contribution in [0.2, 0.25) is 0 Å². The van der Waals surface area contributed by atoms with Crippen LogP contribution in [0, 0.1) is 0 Å². The number of rotatable bonds is 3. The highest BCUT2D eigenvalue weighted by molar-refractivity contribution is 5.69. The molecule has 5 nitrogen and oxygen atoms in total. The van der Waals surface area contributed by atoms with Crippen LogP contribution in [0.5, 0.6) is 0 Å². The van der Waals surface area contributed by atoms with Crippen LogP contribution < -0.4 is 5.32 Å². The normalized spacial score (nSPS) is 18.9. The van der Waals surface area contributed by atoms with E-state index in [9.17, 15) is 4.79 Å². The van der Waals surface area contributed by atoms with Crippen molar-refractivity contribution in [3.05, 3.63) is 24.4 Å². The maximum absolute atomic E-state index is 12.1. The third kappa shape index (κ3) is 4.11. The van der Waals surface area contributed by atoms with Crippen molar-refractivity contribution in [3.63, 3.8) is 0 Å². The van der Waals surface area contributed by atoms with Crippen molar-refractivity contribution in [1.29, 1.82) is 0 Å².